The van der Waals surface area contributed by atoms with Crippen molar-refractivity contribution in [2.24, 2.45) is 11.7 Å². The van der Waals surface area contributed by atoms with Gasteiger partial charge >= 0.3 is 0 Å². The van der Waals surface area contributed by atoms with Crippen LogP contribution in [0.5, 0.6) is 0 Å². The summed E-state index contributed by atoms with van der Waals surface area (Å²) in [7, 11) is 0. The third kappa shape index (κ3) is 3.66. The molecule has 1 aromatic rings. The second-order valence-electron chi connectivity index (χ2n) is 5.07. The van der Waals surface area contributed by atoms with Crippen molar-refractivity contribution in [3.63, 3.8) is 0 Å². The van der Waals surface area contributed by atoms with Gasteiger partial charge in [-0.05, 0) is 36.1 Å². The summed E-state index contributed by atoms with van der Waals surface area (Å²) in [5.74, 6) is 0.324. The Labute approximate surface area is 107 Å². The Kier molecular flexibility index (Phi) is 4.02. The molecule has 1 aliphatic rings. The summed E-state index contributed by atoms with van der Waals surface area (Å²) >= 11 is 5.84. The molecule has 0 spiro atoms. The van der Waals surface area contributed by atoms with Crippen LogP contribution in [0, 0.1) is 11.7 Å². The standard InChI is InChI=1S/C13H18ClFN2/c1-9-2-13(16)8-17(6-9)7-10-3-11(14)5-12(15)4-10/h3-5,9,13H,2,6-8,16H2,1H3. The molecule has 2 nitrogen and oxygen atoms in total. The van der Waals surface area contributed by atoms with E-state index < -0.39 is 0 Å². The van der Waals surface area contributed by atoms with Crippen LogP contribution in [-0.2, 0) is 6.54 Å². The number of halogens is 2. The average Bonchev–Trinajstić information content (AvgIpc) is 2.13. The number of hydrogen-bond acceptors (Lipinski definition) is 2. The number of hydrogen-bond donors (Lipinski definition) is 1. The van der Waals surface area contributed by atoms with E-state index >= 15 is 0 Å². The molecular formula is C13H18ClFN2. The predicted molar refractivity (Wildman–Crippen MR) is 68.4 cm³/mol. The normalized spacial score (nSPS) is 26.1. The highest BCUT2D eigenvalue weighted by Gasteiger charge is 2.22. The zero-order valence-corrected chi connectivity index (χ0v) is 10.8. The minimum Gasteiger partial charge on any atom is -0.327 e. The van der Waals surface area contributed by atoms with E-state index in [2.05, 4.69) is 11.8 Å². The number of benzene rings is 1. The van der Waals surface area contributed by atoms with Crippen LogP contribution in [0.1, 0.15) is 18.9 Å². The Hall–Kier alpha value is -0.640. The lowest BCUT2D eigenvalue weighted by molar-refractivity contribution is 0.158. The highest BCUT2D eigenvalue weighted by molar-refractivity contribution is 6.30. The van der Waals surface area contributed by atoms with Crippen LogP contribution in [-0.4, -0.2) is 24.0 Å². The van der Waals surface area contributed by atoms with Gasteiger partial charge in [-0.15, -0.1) is 0 Å². The molecule has 0 bridgehead atoms. The van der Waals surface area contributed by atoms with Gasteiger partial charge in [-0.25, -0.2) is 4.39 Å². The minimum atomic E-state index is -0.276. The fourth-order valence-corrected chi connectivity index (χ4v) is 2.85. The molecule has 0 saturated carbocycles. The molecule has 2 rings (SSSR count). The summed E-state index contributed by atoms with van der Waals surface area (Å²) in [6, 6.07) is 4.91. The molecule has 1 heterocycles. The van der Waals surface area contributed by atoms with Crippen molar-refractivity contribution in [1.29, 1.82) is 0 Å². The van der Waals surface area contributed by atoms with Gasteiger partial charge in [0.25, 0.3) is 0 Å². The maximum absolute atomic E-state index is 13.2. The van der Waals surface area contributed by atoms with E-state index in [4.69, 9.17) is 17.3 Å². The van der Waals surface area contributed by atoms with Crippen molar-refractivity contribution in [3.05, 3.63) is 34.6 Å². The van der Waals surface area contributed by atoms with E-state index in [0.29, 0.717) is 10.9 Å². The van der Waals surface area contributed by atoms with Gasteiger partial charge in [-0.2, -0.15) is 0 Å². The maximum Gasteiger partial charge on any atom is 0.125 e. The van der Waals surface area contributed by atoms with Gasteiger partial charge < -0.3 is 5.73 Å². The number of nitrogens with two attached hydrogens (primary N) is 1. The Morgan fingerprint density at radius 3 is 2.82 bits per heavy atom. The molecule has 0 aromatic heterocycles. The molecule has 0 radical (unpaired) electrons. The summed E-state index contributed by atoms with van der Waals surface area (Å²) < 4.78 is 13.2. The first-order valence-electron chi connectivity index (χ1n) is 5.96. The Morgan fingerprint density at radius 1 is 1.41 bits per heavy atom. The topological polar surface area (TPSA) is 29.3 Å². The molecule has 2 N–H and O–H groups in total. The molecule has 1 fully saturated rings. The van der Waals surface area contributed by atoms with Crippen LogP contribution >= 0.6 is 11.6 Å². The number of nitrogens with zero attached hydrogens (tertiary/aromatic N) is 1. The summed E-state index contributed by atoms with van der Waals surface area (Å²) in [6.45, 7) is 4.81. The molecule has 2 atom stereocenters. The van der Waals surface area contributed by atoms with Crippen molar-refractivity contribution in [1.82, 2.24) is 4.90 Å². The van der Waals surface area contributed by atoms with Gasteiger partial charge in [0.15, 0.2) is 0 Å². The van der Waals surface area contributed by atoms with Crippen LogP contribution in [0.4, 0.5) is 4.39 Å². The second kappa shape index (κ2) is 5.34. The van der Waals surface area contributed by atoms with Gasteiger partial charge in [0.1, 0.15) is 5.82 Å². The predicted octanol–water partition coefficient (Wildman–Crippen LogP) is 2.65. The molecule has 0 aliphatic carbocycles. The van der Waals surface area contributed by atoms with E-state index in [9.17, 15) is 4.39 Å². The highest BCUT2D eigenvalue weighted by atomic mass is 35.5. The molecule has 4 heteroatoms. The first-order chi connectivity index (χ1) is 8.02. The fraction of sp³-hybridized carbons (Fsp3) is 0.538. The van der Waals surface area contributed by atoms with Crippen LogP contribution in [0.2, 0.25) is 5.02 Å². The minimum absolute atomic E-state index is 0.225. The lowest BCUT2D eigenvalue weighted by Crippen LogP contribution is -2.45. The van der Waals surface area contributed by atoms with Crippen LogP contribution in [0.25, 0.3) is 0 Å². The van der Waals surface area contributed by atoms with E-state index in [1.54, 1.807) is 0 Å². The van der Waals surface area contributed by atoms with E-state index in [0.717, 1.165) is 31.6 Å². The smallest absolute Gasteiger partial charge is 0.125 e. The molecular weight excluding hydrogens is 239 g/mol. The Morgan fingerprint density at radius 2 is 2.18 bits per heavy atom. The largest absolute Gasteiger partial charge is 0.327 e. The van der Waals surface area contributed by atoms with Crippen molar-refractivity contribution < 1.29 is 4.39 Å². The summed E-state index contributed by atoms with van der Waals surface area (Å²) in [4.78, 5) is 2.27. The molecule has 1 saturated heterocycles. The molecule has 17 heavy (non-hydrogen) atoms. The maximum atomic E-state index is 13.2. The molecule has 1 aliphatic heterocycles. The lowest BCUT2D eigenvalue weighted by Gasteiger charge is -2.34. The fourth-order valence-electron chi connectivity index (χ4n) is 2.60. The lowest BCUT2D eigenvalue weighted by atomic mass is 9.96. The first-order valence-corrected chi connectivity index (χ1v) is 6.33. The highest BCUT2D eigenvalue weighted by Crippen LogP contribution is 2.20. The Balaban J connectivity index is 2.04. The zero-order chi connectivity index (χ0) is 12.4. The number of rotatable bonds is 2. The van der Waals surface area contributed by atoms with Gasteiger partial charge in [-0.3, -0.25) is 4.90 Å². The Bertz CT molecular complexity index is 367. The summed E-state index contributed by atoms with van der Waals surface area (Å²) in [6.07, 6.45) is 1.07. The molecule has 0 amide bonds. The third-order valence-corrected chi connectivity index (χ3v) is 3.31. The molecule has 1 aromatic carbocycles. The van der Waals surface area contributed by atoms with Gasteiger partial charge in [-0.1, -0.05) is 18.5 Å². The molecule has 94 valence electrons. The third-order valence-electron chi connectivity index (χ3n) is 3.10. The zero-order valence-electron chi connectivity index (χ0n) is 10.00. The van der Waals surface area contributed by atoms with Crippen LogP contribution in [0.3, 0.4) is 0 Å². The van der Waals surface area contributed by atoms with Gasteiger partial charge in [0.05, 0.1) is 0 Å². The van der Waals surface area contributed by atoms with E-state index in [-0.39, 0.29) is 11.9 Å². The van der Waals surface area contributed by atoms with Crippen molar-refractivity contribution in [2.45, 2.75) is 25.9 Å². The van der Waals surface area contributed by atoms with E-state index in [1.165, 1.54) is 12.1 Å². The van der Waals surface area contributed by atoms with Gasteiger partial charge in [0.2, 0.25) is 0 Å². The second-order valence-corrected chi connectivity index (χ2v) is 5.51. The first kappa shape index (κ1) is 12.8. The summed E-state index contributed by atoms with van der Waals surface area (Å²) in [5, 5.41) is 0.453. The average molecular weight is 257 g/mol. The molecule has 2 unspecified atom stereocenters. The van der Waals surface area contributed by atoms with Crippen molar-refractivity contribution in [2.75, 3.05) is 13.1 Å². The number of piperidine rings is 1. The number of likely N-dealkylation sites (tertiary alicyclic amines) is 1. The summed E-state index contributed by atoms with van der Waals surface area (Å²) in [5.41, 5.74) is 6.90. The quantitative estimate of drug-likeness (QED) is 0.882. The SMILES string of the molecule is CC1CC(N)CN(Cc2cc(F)cc(Cl)c2)C1. The van der Waals surface area contributed by atoms with Crippen LogP contribution < -0.4 is 5.73 Å². The van der Waals surface area contributed by atoms with E-state index in [1.807, 2.05) is 6.07 Å². The van der Waals surface area contributed by atoms with Gasteiger partial charge in [0, 0.05) is 30.7 Å². The van der Waals surface area contributed by atoms with Crippen molar-refractivity contribution in [3.8, 4) is 0 Å². The van der Waals surface area contributed by atoms with Crippen molar-refractivity contribution >= 4 is 11.6 Å². The van der Waals surface area contributed by atoms with Crippen LogP contribution in [0.15, 0.2) is 18.2 Å². The monoisotopic (exact) mass is 256 g/mol.